The molecule has 0 aromatic heterocycles. The average molecular weight is 357 g/mol. The number of esters is 2. The fourth-order valence-corrected chi connectivity index (χ4v) is 1.91. The van der Waals surface area contributed by atoms with Crippen LogP contribution in [0.2, 0.25) is 0 Å². The van der Waals surface area contributed by atoms with Crippen molar-refractivity contribution in [1.29, 1.82) is 0 Å². The van der Waals surface area contributed by atoms with E-state index in [1.54, 1.807) is 0 Å². The molecule has 9 nitrogen and oxygen atoms in total. The monoisotopic (exact) mass is 357 g/mol. The van der Waals surface area contributed by atoms with Crippen molar-refractivity contribution >= 4 is 29.7 Å². The van der Waals surface area contributed by atoms with Crippen LogP contribution in [0.1, 0.15) is 52.9 Å². The zero-order valence-corrected chi connectivity index (χ0v) is 14.6. The van der Waals surface area contributed by atoms with E-state index in [9.17, 15) is 24.0 Å². The Bertz CT molecular complexity index is 528. The van der Waals surface area contributed by atoms with Crippen molar-refractivity contribution in [2.45, 2.75) is 59.0 Å². The molecule has 9 heteroatoms. The van der Waals surface area contributed by atoms with Crippen LogP contribution in [0.15, 0.2) is 0 Å². The van der Waals surface area contributed by atoms with Crippen molar-refractivity contribution in [1.82, 2.24) is 5.06 Å². The van der Waals surface area contributed by atoms with Gasteiger partial charge in [-0.1, -0.05) is 20.3 Å². The Balaban J connectivity index is 2.39. The third kappa shape index (κ3) is 6.52. The molecule has 0 N–H and O–H groups in total. The second kappa shape index (κ2) is 9.75. The van der Waals surface area contributed by atoms with E-state index in [2.05, 4.69) is 4.84 Å². The minimum atomic E-state index is -1.32. The normalized spacial score (nSPS) is 16.4. The van der Waals surface area contributed by atoms with Gasteiger partial charge in [0.1, 0.15) is 0 Å². The van der Waals surface area contributed by atoms with Gasteiger partial charge in [0.15, 0.2) is 6.10 Å². The van der Waals surface area contributed by atoms with Gasteiger partial charge in [-0.05, 0) is 13.3 Å². The highest BCUT2D eigenvalue weighted by Crippen LogP contribution is 2.14. The largest absolute Gasteiger partial charge is 0.465 e. The van der Waals surface area contributed by atoms with E-state index in [1.165, 1.54) is 13.8 Å². The second-order valence-electron chi connectivity index (χ2n) is 5.75. The summed E-state index contributed by atoms with van der Waals surface area (Å²) in [6.07, 6.45) is -0.0255. The summed E-state index contributed by atoms with van der Waals surface area (Å²) in [4.78, 5) is 62.6. The maximum absolute atomic E-state index is 11.8. The molecule has 0 aromatic rings. The first-order valence-electron chi connectivity index (χ1n) is 8.20. The van der Waals surface area contributed by atoms with Crippen molar-refractivity contribution in [3.05, 3.63) is 0 Å². The third-order valence-corrected chi connectivity index (χ3v) is 3.44. The molecule has 2 atom stereocenters. The van der Waals surface area contributed by atoms with E-state index in [-0.39, 0.29) is 25.9 Å². The van der Waals surface area contributed by atoms with E-state index in [4.69, 9.17) is 9.47 Å². The number of carbonyl (C=O) groups excluding carboxylic acids is 5. The number of hydrogen-bond acceptors (Lipinski definition) is 8. The van der Waals surface area contributed by atoms with Crippen LogP contribution in [0.25, 0.3) is 0 Å². The van der Waals surface area contributed by atoms with Gasteiger partial charge < -0.3 is 14.3 Å². The first kappa shape index (κ1) is 20.6. The Hall–Kier alpha value is -2.45. The number of amides is 2. The molecule has 0 aliphatic carbocycles. The van der Waals surface area contributed by atoms with Gasteiger partial charge in [-0.3, -0.25) is 19.2 Å². The summed E-state index contributed by atoms with van der Waals surface area (Å²) in [5.41, 5.74) is 0. The Morgan fingerprint density at radius 1 is 1.08 bits per heavy atom. The first-order chi connectivity index (χ1) is 11.8. The highest BCUT2D eigenvalue weighted by atomic mass is 16.7. The van der Waals surface area contributed by atoms with Crippen molar-refractivity contribution in [2.24, 2.45) is 5.92 Å². The van der Waals surface area contributed by atoms with Crippen LogP contribution in [0.4, 0.5) is 0 Å². The maximum Gasteiger partial charge on any atom is 0.373 e. The molecule has 0 radical (unpaired) electrons. The zero-order chi connectivity index (χ0) is 19.0. The van der Waals surface area contributed by atoms with Crippen molar-refractivity contribution in [3.63, 3.8) is 0 Å². The lowest BCUT2D eigenvalue weighted by molar-refractivity contribution is -0.205. The minimum Gasteiger partial charge on any atom is -0.465 e. The lowest BCUT2D eigenvalue weighted by Gasteiger charge is -2.17. The fourth-order valence-electron chi connectivity index (χ4n) is 1.91. The van der Waals surface area contributed by atoms with E-state index >= 15 is 0 Å². The topological polar surface area (TPSA) is 116 Å². The highest BCUT2D eigenvalue weighted by molar-refractivity contribution is 6.01. The van der Waals surface area contributed by atoms with E-state index in [0.717, 1.165) is 12.8 Å². The summed E-state index contributed by atoms with van der Waals surface area (Å²) >= 11 is 0. The van der Waals surface area contributed by atoms with Crippen LogP contribution in [0, 0.1) is 5.92 Å². The molecular weight excluding hydrogens is 334 g/mol. The van der Waals surface area contributed by atoms with Gasteiger partial charge in [-0.25, -0.2) is 4.79 Å². The summed E-state index contributed by atoms with van der Waals surface area (Å²) in [5.74, 6) is -4.32. The molecule has 1 rings (SSSR count). The number of unbranched alkanes of at least 4 members (excludes halogenated alkanes) is 1. The molecule has 25 heavy (non-hydrogen) atoms. The molecule has 0 bridgehead atoms. The molecule has 1 fully saturated rings. The van der Waals surface area contributed by atoms with E-state index < -0.39 is 41.7 Å². The number of hydroxylamine groups is 2. The number of carbonyl (C=O) groups is 5. The summed E-state index contributed by atoms with van der Waals surface area (Å²) in [6, 6.07) is 0. The number of nitrogens with zero attached hydrogens (tertiary/aromatic N) is 1. The van der Waals surface area contributed by atoms with Gasteiger partial charge >= 0.3 is 17.9 Å². The first-order valence-corrected chi connectivity index (χ1v) is 8.20. The summed E-state index contributed by atoms with van der Waals surface area (Å²) in [7, 11) is 0. The smallest absolute Gasteiger partial charge is 0.373 e. The molecule has 0 spiro atoms. The summed E-state index contributed by atoms with van der Waals surface area (Å²) in [6.45, 7) is 5.00. The van der Waals surface area contributed by atoms with Crippen LogP contribution >= 0.6 is 0 Å². The summed E-state index contributed by atoms with van der Waals surface area (Å²) in [5, 5.41) is 0.375. The SMILES string of the molecule is CCCCOC(=O)[C@@H](C)CC(=O)O[C@@H](C)C(=O)ON1C(=O)CCC1=O. The van der Waals surface area contributed by atoms with E-state index in [1.807, 2.05) is 6.92 Å². The van der Waals surface area contributed by atoms with Crippen LogP contribution < -0.4 is 0 Å². The minimum absolute atomic E-state index is 0.0298. The Kier molecular flexibility index (Phi) is 8.03. The molecule has 2 amide bonds. The number of imide groups is 1. The fraction of sp³-hybridized carbons (Fsp3) is 0.688. The average Bonchev–Trinajstić information content (AvgIpc) is 2.86. The molecule has 1 saturated heterocycles. The maximum atomic E-state index is 11.8. The zero-order valence-electron chi connectivity index (χ0n) is 14.6. The molecular formula is C16H23NO8. The predicted molar refractivity (Wildman–Crippen MR) is 82.4 cm³/mol. The number of rotatable bonds is 9. The van der Waals surface area contributed by atoms with Gasteiger partial charge in [-0.2, -0.15) is 0 Å². The highest BCUT2D eigenvalue weighted by Gasteiger charge is 2.35. The Morgan fingerprint density at radius 3 is 2.24 bits per heavy atom. The number of hydrogen-bond donors (Lipinski definition) is 0. The Morgan fingerprint density at radius 2 is 1.68 bits per heavy atom. The van der Waals surface area contributed by atoms with Gasteiger partial charge in [0.25, 0.3) is 11.8 Å². The van der Waals surface area contributed by atoms with Crippen LogP contribution in [0.5, 0.6) is 0 Å². The van der Waals surface area contributed by atoms with Gasteiger partial charge in [-0.15, -0.1) is 5.06 Å². The van der Waals surface area contributed by atoms with Crippen LogP contribution in [0.3, 0.4) is 0 Å². The molecule has 0 unspecified atom stereocenters. The predicted octanol–water partition coefficient (Wildman–Crippen LogP) is 0.895. The quantitative estimate of drug-likeness (QED) is 0.339. The Labute approximate surface area is 145 Å². The van der Waals surface area contributed by atoms with Gasteiger partial charge in [0.2, 0.25) is 0 Å². The lowest BCUT2D eigenvalue weighted by atomic mass is 10.1. The third-order valence-electron chi connectivity index (χ3n) is 3.44. The molecule has 140 valence electrons. The summed E-state index contributed by atoms with van der Waals surface area (Å²) < 4.78 is 9.86. The van der Waals surface area contributed by atoms with Gasteiger partial charge in [0, 0.05) is 12.8 Å². The molecule has 1 aliphatic rings. The lowest BCUT2D eigenvalue weighted by Crippen LogP contribution is -2.37. The molecule has 1 heterocycles. The van der Waals surface area contributed by atoms with Crippen LogP contribution in [-0.4, -0.2) is 47.5 Å². The van der Waals surface area contributed by atoms with Crippen molar-refractivity contribution < 1.29 is 38.3 Å². The standard InChI is InChI=1S/C16H23NO8/c1-4-5-8-23-15(21)10(2)9-14(20)24-11(3)16(22)25-17-12(18)6-7-13(17)19/h10-11H,4-9H2,1-3H3/t10-,11-/m0/s1. The van der Waals surface area contributed by atoms with Crippen molar-refractivity contribution in [2.75, 3.05) is 6.61 Å². The van der Waals surface area contributed by atoms with Gasteiger partial charge in [0.05, 0.1) is 18.9 Å². The molecule has 1 aliphatic heterocycles. The number of ether oxygens (including phenoxy) is 2. The van der Waals surface area contributed by atoms with Crippen molar-refractivity contribution in [3.8, 4) is 0 Å². The molecule has 0 saturated carbocycles. The second-order valence-corrected chi connectivity index (χ2v) is 5.75. The molecule has 0 aromatic carbocycles. The van der Waals surface area contributed by atoms with E-state index in [0.29, 0.717) is 5.06 Å². The van der Waals surface area contributed by atoms with Crippen LogP contribution in [-0.2, 0) is 38.3 Å².